The second kappa shape index (κ2) is 41.5. The van der Waals surface area contributed by atoms with Crippen molar-refractivity contribution in [2.75, 3.05) is 19.8 Å². The molecule has 9 N–H and O–H groups in total. The van der Waals surface area contributed by atoms with E-state index in [9.17, 15) is 45.6 Å². The Bertz CT molecular complexity index is 1150. The largest absolute Gasteiger partial charge is 0.394 e. The third-order valence-corrected chi connectivity index (χ3v) is 14.3. The second-order valence-corrected chi connectivity index (χ2v) is 20.4. The number of unbranched alkanes of at least 4 members (excludes halogenated alkanes) is 32. The lowest BCUT2D eigenvalue weighted by molar-refractivity contribution is -0.359. The number of ether oxygens (including phenoxy) is 4. The van der Waals surface area contributed by atoms with Crippen LogP contribution in [0.4, 0.5) is 0 Å². The minimum absolute atomic E-state index is 0.207. The van der Waals surface area contributed by atoms with Gasteiger partial charge in [0.1, 0.15) is 48.8 Å². The number of aliphatic hydroxyl groups excluding tert-OH is 8. The van der Waals surface area contributed by atoms with E-state index < -0.39 is 86.8 Å². The Morgan fingerprint density at radius 3 is 1.25 bits per heavy atom. The molecule has 0 spiro atoms. The SMILES string of the molecule is CCCCCCCCCCCCCCCCCCCCCCCCCCCC(O)C(COC1OC(CO)C(OC2OC(CO)C(O)C(O)C2O)C(O)C1O)NC(=O)CCCCCCCCCCC. The van der Waals surface area contributed by atoms with Crippen molar-refractivity contribution in [2.24, 2.45) is 0 Å². The summed E-state index contributed by atoms with van der Waals surface area (Å²) in [6, 6.07) is -0.820. The van der Waals surface area contributed by atoms with Crippen molar-refractivity contribution in [3.63, 3.8) is 0 Å². The van der Waals surface area contributed by atoms with Crippen LogP contribution >= 0.6 is 0 Å². The fourth-order valence-corrected chi connectivity index (χ4v) is 9.71. The quantitative estimate of drug-likeness (QED) is 0.0261. The summed E-state index contributed by atoms with van der Waals surface area (Å²) in [5, 5.41) is 86.9. The Morgan fingerprint density at radius 2 is 0.838 bits per heavy atom. The molecule has 0 radical (unpaired) electrons. The summed E-state index contributed by atoms with van der Waals surface area (Å²) in [5.74, 6) is -0.207. The fraction of sp³-hybridized carbons (Fsp3) is 0.981. The minimum atomic E-state index is -1.78. The maximum absolute atomic E-state index is 13.1. The van der Waals surface area contributed by atoms with Crippen LogP contribution in [-0.2, 0) is 23.7 Å². The van der Waals surface area contributed by atoms with Gasteiger partial charge < -0.3 is 65.1 Å². The highest BCUT2D eigenvalue weighted by Gasteiger charge is 2.51. The molecule has 0 bridgehead atoms. The summed E-state index contributed by atoms with van der Waals surface area (Å²) < 4.78 is 22.8. The molecule has 1 amide bonds. The van der Waals surface area contributed by atoms with Crippen molar-refractivity contribution in [3.8, 4) is 0 Å². The molecule has 0 aromatic carbocycles. The fourth-order valence-electron chi connectivity index (χ4n) is 9.71. The van der Waals surface area contributed by atoms with E-state index in [4.69, 9.17) is 18.9 Å². The number of nitrogens with one attached hydrogen (secondary N) is 1. The third-order valence-electron chi connectivity index (χ3n) is 14.3. The van der Waals surface area contributed by atoms with Gasteiger partial charge in [-0.3, -0.25) is 4.79 Å². The lowest BCUT2D eigenvalue weighted by Crippen LogP contribution is -2.65. The second-order valence-electron chi connectivity index (χ2n) is 20.4. The van der Waals surface area contributed by atoms with Crippen molar-refractivity contribution in [3.05, 3.63) is 0 Å². The van der Waals surface area contributed by atoms with Crippen molar-refractivity contribution in [1.82, 2.24) is 5.32 Å². The van der Waals surface area contributed by atoms with E-state index in [1.807, 2.05) is 0 Å². The molecule has 404 valence electrons. The monoisotopic (exact) mass is 976 g/mol. The predicted molar refractivity (Wildman–Crippen MR) is 268 cm³/mol. The van der Waals surface area contributed by atoms with Crippen LogP contribution < -0.4 is 5.32 Å². The first-order valence-electron chi connectivity index (χ1n) is 28.3. The van der Waals surface area contributed by atoms with Gasteiger partial charge >= 0.3 is 0 Å². The summed E-state index contributed by atoms with van der Waals surface area (Å²) in [4.78, 5) is 13.1. The smallest absolute Gasteiger partial charge is 0.220 e. The Morgan fingerprint density at radius 1 is 0.471 bits per heavy atom. The summed E-state index contributed by atoms with van der Waals surface area (Å²) in [7, 11) is 0. The van der Waals surface area contributed by atoms with Crippen LogP contribution in [0.3, 0.4) is 0 Å². The summed E-state index contributed by atoms with van der Waals surface area (Å²) >= 11 is 0. The van der Waals surface area contributed by atoms with E-state index in [0.717, 1.165) is 51.4 Å². The first-order chi connectivity index (χ1) is 33.1. The molecule has 2 rings (SSSR count). The van der Waals surface area contributed by atoms with Gasteiger partial charge in [-0.1, -0.05) is 226 Å². The molecule has 0 saturated carbocycles. The zero-order valence-electron chi connectivity index (χ0n) is 43.1. The molecule has 0 aromatic rings. The maximum Gasteiger partial charge on any atom is 0.220 e. The van der Waals surface area contributed by atoms with Crippen molar-refractivity contribution in [1.29, 1.82) is 0 Å². The van der Waals surface area contributed by atoms with Crippen LogP contribution in [0, 0.1) is 0 Å². The van der Waals surface area contributed by atoms with Gasteiger partial charge in [0, 0.05) is 6.42 Å². The lowest BCUT2D eigenvalue weighted by Gasteiger charge is -2.46. The molecule has 2 saturated heterocycles. The van der Waals surface area contributed by atoms with Gasteiger partial charge in [0.25, 0.3) is 0 Å². The van der Waals surface area contributed by atoms with Crippen LogP contribution in [0.15, 0.2) is 0 Å². The Labute approximate surface area is 413 Å². The molecule has 12 atom stereocenters. The lowest BCUT2D eigenvalue weighted by atomic mass is 9.97. The number of rotatable bonds is 45. The van der Waals surface area contributed by atoms with Gasteiger partial charge in [0.05, 0.1) is 32.0 Å². The Balaban J connectivity index is 1.69. The Hall–Kier alpha value is -1.01. The first-order valence-corrected chi connectivity index (χ1v) is 28.3. The number of amides is 1. The summed E-state index contributed by atoms with van der Waals surface area (Å²) in [5.41, 5.74) is 0. The van der Waals surface area contributed by atoms with E-state index in [1.165, 1.54) is 167 Å². The molecule has 14 nitrogen and oxygen atoms in total. The van der Waals surface area contributed by atoms with Crippen LogP contribution in [0.2, 0.25) is 0 Å². The average Bonchev–Trinajstić information content (AvgIpc) is 3.34. The van der Waals surface area contributed by atoms with Crippen molar-refractivity contribution < 1.29 is 64.6 Å². The van der Waals surface area contributed by atoms with Crippen LogP contribution in [-0.4, -0.2) is 140 Å². The zero-order chi connectivity index (χ0) is 49.6. The molecule has 2 aliphatic rings. The van der Waals surface area contributed by atoms with E-state index in [-0.39, 0.29) is 12.5 Å². The number of hydrogen-bond donors (Lipinski definition) is 9. The van der Waals surface area contributed by atoms with E-state index in [0.29, 0.717) is 12.8 Å². The van der Waals surface area contributed by atoms with Gasteiger partial charge in [0.2, 0.25) is 5.91 Å². The molecular weight excluding hydrogens is 871 g/mol. The van der Waals surface area contributed by atoms with Gasteiger partial charge in [-0.2, -0.15) is 0 Å². The van der Waals surface area contributed by atoms with Crippen LogP contribution in [0.1, 0.15) is 245 Å². The molecular formula is C54H105NO13. The van der Waals surface area contributed by atoms with Crippen molar-refractivity contribution in [2.45, 2.75) is 319 Å². The molecule has 0 aromatic heterocycles. The average molecular weight is 976 g/mol. The summed E-state index contributed by atoms with van der Waals surface area (Å²) in [6.45, 7) is 2.85. The zero-order valence-corrected chi connectivity index (χ0v) is 43.1. The predicted octanol–water partition coefficient (Wildman–Crippen LogP) is 8.56. The van der Waals surface area contributed by atoms with Gasteiger partial charge in [-0.05, 0) is 12.8 Å². The highest BCUT2D eigenvalue weighted by atomic mass is 16.7. The van der Waals surface area contributed by atoms with E-state index >= 15 is 0 Å². The number of carbonyl (C=O) groups excluding carboxylic acids is 1. The molecule has 12 unspecified atom stereocenters. The van der Waals surface area contributed by atoms with Gasteiger partial charge in [-0.15, -0.1) is 0 Å². The van der Waals surface area contributed by atoms with Gasteiger partial charge in [-0.25, -0.2) is 0 Å². The van der Waals surface area contributed by atoms with E-state index in [1.54, 1.807) is 0 Å². The third kappa shape index (κ3) is 27.7. The van der Waals surface area contributed by atoms with Crippen molar-refractivity contribution >= 4 is 5.91 Å². The molecule has 2 aliphatic heterocycles. The van der Waals surface area contributed by atoms with Crippen LogP contribution in [0.5, 0.6) is 0 Å². The molecule has 2 fully saturated rings. The highest BCUT2D eigenvalue weighted by Crippen LogP contribution is 2.30. The molecule has 68 heavy (non-hydrogen) atoms. The number of hydrogen-bond acceptors (Lipinski definition) is 13. The summed E-state index contributed by atoms with van der Waals surface area (Å²) in [6.07, 6.45) is 27.0. The highest BCUT2D eigenvalue weighted by molar-refractivity contribution is 5.76. The first kappa shape index (κ1) is 63.1. The molecule has 14 heteroatoms. The van der Waals surface area contributed by atoms with E-state index in [2.05, 4.69) is 19.2 Å². The number of carbonyl (C=O) groups is 1. The molecule has 2 heterocycles. The minimum Gasteiger partial charge on any atom is -0.394 e. The normalized spacial score (nSPS) is 26.3. The standard InChI is InChI=1S/C54H105NO13/c1-3-5-7-9-11-13-14-15-16-17-18-19-20-21-22-23-24-25-26-27-28-30-31-33-35-37-43(58)42(55-46(59)38-36-34-32-29-12-10-8-6-4-2)41-65-53-51(64)49(62)52(45(40-57)67-53)68-54-50(63)48(61)47(60)44(39-56)66-54/h42-45,47-54,56-58,60-64H,3-41H2,1-2H3,(H,55,59). The topological polar surface area (TPSA) is 228 Å². The van der Waals surface area contributed by atoms with Crippen LogP contribution in [0.25, 0.3) is 0 Å². The molecule has 0 aliphatic carbocycles. The Kier molecular flexibility index (Phi) is 38.5. The maximum atomic E-state index is 13.1. The van der Waals surface area contributed by atoms with Gasteiger partial charge in [0.15, 0.2) is 12.6 Å². The number of aliphatic hydroxyl groups is 8.